The van der Waals surface area contributed by atoms with Gasteiger partial charge < -0.3 is 4.74 Å². The molecule has 0 unspecified atom stereocenters. The lowest BCUT2D eigenvalue weighted by Crippen LogP contribution is -1.85. The van der Waals surface area contributed by atoms with Crippen LogP contribution in [0.5, 0.6) is 0 Å². The van der Waals surface area contributed by atoms with Crippen molar-refractivity contribution < 1.29 is 9.53 Å². The van der Waals surface area contributed by atoms with E-state index >= 15 is 0 Å². The average molecular weight is 175 g/mol. The van der Waals surface area contributed by atoms with E-state index in [0.717, 1.165) is 5.56 Å². The maximum Gasteiger partial charge on any atom is 0.417 e. The first-order valence-electron chi connectivity index (χ1n) is 4.05. The predicted octanol–water partition coefficient (Wildman–Crippen LogP) is 2.09. The van der Waals surface area contributed by atoms with Crippen molar-refractivity contribution in [1.82, 2.24) is 0 Å². The van der Waals surface area contributed by atoms with Crippen LogP contribution in [-0.4, -0.2) is 13.1 Å². The molecular weight excluding hydrogens is 164 g/mol. The summed E-state index contributed by atoms with van der Waals surface area (Å²) in [5.41, 5.74) is 2.33. The van der Waals surface area contributed by atoms with Crippen molar-refractivity contribution >= 4 is 12.5 Å². The van der Waals surface area contributed by atoms with Crippen LogP contribution in [0.2, 0.25) is 0 Å². The maximum atomic E-state index is 9.68. The van der Waals surface area contributed by atoms with Gasteiger partial charge in [-0.25, -0.2) is 4.79 Å². The lowest BCUT2D eigenvalue weighted by Gasteiger charge is -1.94. The fourth-order valence-corrected chi connectivity index (χ4v) is 0.944. The Morgan fingerprint density at radius 2 is 2.08 bits per heavy atom. The molecule has 0 atom stereocenters. The summed E-state index contributed by atoms with van der Waals surface area (Å²) in [5.74, 6) is 0. The molecule has 2 heteroatoms. The molecule has 13 heavy (non-hydrogen) atoms. The Kier molecular flexibility index (Phi) is 3.76. The molecule has 0 fully saturated rings. The van der Waals surface area contributed by atoms with E-state index in [1.165, 1.54) is 12.0 Å². The highest BCUT2D eigenvalue weighted by atomic mass is 16.5. The number of aryl methyl sites for hydroxylation is 1. The molecule has 0 saturated carbocycles. The van der Waals surface area contributed by atoms with Crippen LogP contribution in [0.3, 0.4) is 0 Å². The third kappa shape index (κ3) is 3.56. The molecule has 0 N–H and O–H groups in total. The van der Waals surface area contributed by atoms with Crippen LogP contribution < -0.4 is 0 Å². The third-order valence-electron chi connectivity index (χ3n) is 1.63. The van der Waals surface area contributed by atoms with Gasteiger partial charge in [0.1, 0.15) is 6.61 Å². The minimum Gasteiger partial charge on any atom is -0.453 e. The molecule has 0 heterocycles. The second kappa shape index (κ2) is 5.14. The molecule has 0 bridgehead atoms. The SMILES string of the molecule is Cc1ccc(/C=C/CO[C]=O)cc1. The minimum absolute atomic E-state index is 0.275. The van der Waals surface area contributed by atoms with Crippen LogP contribution in [0.15, 0.2) is 30.3 Å². The molecule has 0 aliphatic rings. The van der Waals surface area contributed by atoms with Crippen molar-refractivity contribution in [2.45, 2.75) is 6.92 Å². The molecule has 0 aliphatic carbocycles. The summed E-state index contributed by atoms with van der Waals surface area (Å²) in [6.45, 7) is 3.68. The number of benzene rings is 1. The summed E-state index contributed by atoms with van der Waals surface area (Å²) in [6, 6.07) is 8.09. The van der Waals surface area contributed by atoms with Crippen LogP contribution >= 0.6 is 0 Å². The first kappa shape index (κ1) is 9.52. The molecule has 2 nitrogen and oxygen atoms in total. The highest BCUT2D eigenvalue weighted by molar-refractivity contribution is 5.50. The maximum absolute atomic E-state index is 9.68. The van der Waals surface area contributed by atoms with Gasteiger partial charge in [0.2, 0.25) is 0 Å². The highest BCUT2D eigenvalue weighted by Crippen LogP contribution is 2.04. The minimum atomic E-state index is 0.275. The van der Waals surface area contributed by atoms with E-state index in [9.17, 15) is 4.79 Å². The van der Waals surface area contributed by atoms with Crippen molar-refractivity contribution in [3.8, 4) is 0 Å². The highest BCUT2D eigenvalue weighted by Gasteiger charge is 1.85. The van der Waals surface area contributed by atoms with Gasteiger partial charge >= 0.3 is 6.47 Å². The van der Waals surface area contributed by atoms with Gasteiger partial charge in [0.05, 0.1) is 0 Å². The Labute approximate surface area is 77.8 Å². The van der Waals surface area contributed by atoms with Crippen molar-refractivity contribution in [1.29, 1.82) is 0 Å². The summed E-state index contributed by atoms with van der Waals surface area (Å²) < 4.78 is 4.39. The Bertz CT molecular complexity index is 285. The molecule has 1 rings (SSSR count). The Morgan fingerprint density at radius 3 is 2.69 bits per heavy atom. The lowest BCUT2D eigenvalue weighted by atomic mass is 10.1. The Hall–Kier alpha value is -1.57. The molecular formula is C11H11O2. The van der Waals surface area contributed by atoms with Crippen molar-refractivity contribution in [2.75, 3.05) is 6.61 Å². The summed E-state index contributed by atoms with van der Waals surface area (Å²) >= 11 is 0. The van der Waals surface area contributed by atoms with Crippen LogP contribution in [0, 0.1) is 6.92 Å². The zero-order valence-electron chi connectivity index (χ0n) is 7.49. The summed E-state index contributed by atoms with van der Waals surface area (Å²) in [6.07, 6.45) is 3.67. The number of hydrogen-bond donors (Lipinski definition) is 0. The zero-order valence-corrected chi connectivity index (χ0v) is 7.49. The van der Waals surface area contributed by atoms with E-state index in [2.05, 4.69) is 4.74 Å². The van der Waals surface area contributed by atoms with Crippen LogP contribution in [0.1, 0.15) is 11.1 Å². The monoisotopic (exact) mass is 175 g/mol. The molecule has 67 valence electrons. The van der Waals surface area contributed by atoms with Crippen LogP contribution in [0.4, 0.5) is 0 Å². The quantitative estimate of drug-likeness (QED) is 0.655. The Morgan fingerprint density at radius 1 is 1.38 bits per heavy atom. The predicted molar refractivity (Wildman–Crippen MR) is 51.9 cm³/mol. The summed E-state index contributed by atoms with van der Waals surface area (Å²) in [4.78, 5) is 9.68. The average Bonchev–Trinajstić information content (AvgIpc) is 2.15. The van der Waals surface area contributed by atoms with E-state index in [1.54, 1.807) is 6.08 Å². The van der Waals surface area contributed by atoms with Gasteiger partial charge in [-0.1, -0.05) is 35.9 Å². The first-order chi connectivity index (χ1) is 6.33. The van der Waals surface area contributed by atoms with E-state index in [-0.39, 0.29) is 6.61 Å². The molecule has 0 aromatic heterocycles. The lowest BCUT2D eigenvalue weighted by molar-refractivity contribution is 0.314. The van der Waals surface area contributed by atoms with E-state index in [1.807, 2.05) is 37.3 Å². The summed E-state index contributed by atoms with van der Waals surface area (Å²) in [7, 11) is 0. The van der Waals surface area contributed by atoms with Gasteiger partial charge in [-0.15, -0.1) is 0 Å². The zero-order chi connectivity index (χ0) is 9.52. The fraction of sp³-hybridized carbons (Fsp3) is 0.182. The number of hydrogen-bond acceptors (Lipinski definition) is 2. The topological polar surface area (TPSA) is 26.3 Å². The molecule has 0 aliphatic heterocycles. The third-order valence-corrected chi connectivity index (χ3v) is 1.63. The van der Waals surface area contributed by atoms with Crippen molar-refractivity contribution in [3.63, 3.8) is 0 Å². The van der Waals surface area contributed by atoms with Gasteiger partial charge in [-0.3, -0.25) is 0 Å². The first-order valence-corrected chi connectivity index (χ1v) is 4.05. The standard InChI is InChI=1S/C11H11O2/c1-10-4-6-11(7-5-10)3-2-8-13-9-12/h2-7H,8H2,1H3/b3-2+. The van der Waals surface area contributed by atoms with Gasteiger partial charge in [0, 0.05) is 0 Å². The fourth-order valence-electron chi connectivity index (χ4n) is 0.944. The smallest absolute Gasteiger partial charge is 0.417 e. The van der Waals surface area contributed by atoms with Gasteiger partial charge in [-0.05, 0) is 18.6 Å². The Balaban J connectivity index is 2.49. The van der Waals surface area contributed by atoms with Crippen molar-refractivity contribution in [3.05, 3.63) is 41.5 Å². The molecule has 1 aromatic carbocycles. The second-order valence-corrected chi connectivity index (χ2v) is 2.71. The van der Waals surface area contributed by atoms with E-state index in [4.69, 9.17) is 0 Å². The van der Waals surface area contributed by atoms with Gasteiger partial charge in [0.15, 0.2) is 0 Å². The molecule has 1 radical (unpaired) electrons. The van der Waals surface area contributed by atoms with Crippen LogP contribution in [0.25, 0.3) is 6.08 Å². The van der Waals surface area contributed by atoms with Gasteiger partial charge in [0.25, 0.3) is 0 Å². The van der Waals surface area contributed by atoms with Gasteiger partial charge in [-0.2, -0.15) is 0 Å². The molecule has 0 amide bonds. The number of carbonyl (C=O) groups excluding carboxylic acids is 1. The number of ether oxygens (including phenoxy) is 1. The van der Waals surface area contributed by atoms with Crippen LogP contribution in [-0.2, 0) is 9.53 Å². The molecule has 0 spiro atoms. The van der Waals surface area contributed by atoms with E-state index < -0.39 is 0 Å². The normalized spacial score (nSPS) is 10.2. The van der Waals surface area contributed by atoms with Crippen molar-refractivity contribution in [2.24, 2.45) is 0 Å². The largest absolute Gasteiger partial charge is 0.453 e. The van der Waals surface area contributed by atoms with E-state index in [0.29, 0.717) is 0 Å². The molecule has 0 saturated heterocycles. The summed E-state index contributed by atoms with van der Waals surface area (Å²) in [5, 5.41) is 0. The second-order valence-electron chi connectivity index (χ2n) is 2.71. The number of rotatable bonds is 4. The molecule has 1 aromatic rings.